The summed E-state index contributed by atoms with van der Waals surface area (Å²) in [5, 5.41) is 0.549. The number of halogens is 3. The molecule has 0 spiro atoms. The third-order valence-corrected chi connectivity index (χ3v) is 4.73. The van der Waals surface area contributed by atoms with Gasteiger partial charge >= 0.3 is 5.97 Å². The van der Waals surface area contributed by atoms with Gasteiger partial charge in [-0.05, 0) is 67.1 Å². The van der Waals surface area contributed by atoms with Crippen LogP contribution < -0.4 is 0 Å². The van der Waals surface area contributed by atoms with Crippen LogP contribution in [0.1, 0.15) is 44.4 Å². The van der Waals surface area contributed by atoms with Crippen LogP contribution in [0.5, 0.6) is 0 Å². The number of hydrogen-bond donors (Lipinski definition) is 0. The van der Waals surface area contributed by atoms with E-state index in [-0.39, 0.29) is 12.8 Å². The maximum absolute atomic E-state index is 13.6. The highest BCUT2D eigenvalue weighted by Crippen LogP contribution is 2.31. The number of esters is 1. The first-order chi connectivity index (χ1) is 12.6. The third-order valence-electron chi connectivity index (χ3n) is 3.56. The molecule has 0 aliphatic rings. The second-order valence-corrected chi connectivity index (χ2v) is 8.69. The minimum absolute atomic E-state index is 0.0266. The van der Waals surface area contributed by atoms with Crippen LogP contribution in [0.2, 0.25) is 0 Å². The van der Waals surface area contributed by atoms with Gasteiger partial charge in [-0.1, -0.05) is 11.8 Å². The van der Waals surface area contributed by atoms with Crippen LogP contribution in [-0.2, 0) is 16.0 Å². The van der Waals surface area contributed by atoms with E-state index in [1.54, 1.807) is 27.0 Å². The Morgan fingerprint density at radius 2 is 1.89 bits per heavy atom. The smallest absolute Gasteiger partial charge is 0.306 e. The van der Waals surface area contributed by atoms with Crippen molar-refractivity contribution in [3.8, 4) is 0 Å². The van der Waals surface area contributed by atoms with E-state index in [0.717, 1.165) is 6.07 Å². The molecule has 27 heavy (non-hydrogen) atoms. The molecule has 2 rings (SSSR count). The van der Waals surface area contributed by atoms with Crippen molar-refractivity contribution in [1.82, 2.24) is 9.97 Å². The monoisotopic (exact) mass is 458 g/mol. The molecule has 1 aromatic heterocycles. The second kappa shape index (κ2) is 9.10. The van der Waals surface area contributed by atoms with E-state index in [4.69, 9.17) is 4.74 Å². The van der Waals surface area contributed by atoms with Crippen molar-refractivity contribution in [3.05, 3.63) is 51.8 Å². The number of hydrogen-bond acceptors (Lipinski definition) is 5. The number of aromatic nitrogens is 2. The fourth-order valence-corrected chi connectivity index (χ4v) is 3.47. The molecule has 1 heterocycles. The summed E-state index contributed by atoms with van der Waals surface area (Å²) in [6.45, 7) is 5.36. The summed E-state index contributed by atoms with van der Waals surface area (Å²) >= 11 is 4.79. The molecule has 0 unspecified atom stereocenters. The molecular formula is C19H21BrF2N2O2S. The lowest BCUT2D eigenvalue weighted by atomic mass is 9.92. The van der Waals surface area contributed by atoms with E-state index in [9.17, 15) is 13.6 Å². The van der Waals surface area contributed by atoms with Crippen molar-refractivity contribution in [2.24, 2.45) is 0 Å². The first-order valence-electron chi connectivity index (χ1n) is 8.30. The average molecular weight is 459 g/mol. The van der Waals surface area contributed by atoms with Gasteiger partial charge in [0.25, 0.3) is 0 Å². The van der Waals surface area contributed by atoms with Gasteiger partial charge in [-0.25, -0.2) is 18.7 Å². The summed E-state index contributed by atoms with van der Waals surface area (Å²) in [7, 11) is 0. The fourth-order valence-electron chi connectivity index (χ4n) is 2.61. The minimum atomic E-state index is -0.660. The van der Waals surface area contributed by atoms with E-state index >= 15 is 0 Å². The molecule has 1 atom stereocenters. The fraction of sp³-hybridized carbons (Fsp3) is 0.421. The zero-order valence-corrected chi connectivity index (χ0v) is 18.0. The van der Waals surface area contributed by atoms with Gasteiger partial charge in [0, 0.05) is 18.2 Å². The first-order valence-corrected chi connectivity index (χ1v) is 10.3. The standard InChI is InChI=1S/C19H21BrF2N2O2S/c1-19(2,3)26-16(25)8-12(5-11-6-13(21)9-14(22)7-11)17-15(20)10-23-18(24-17)27-4/h6-7,9-10,12H,5,8H2,1-4H3/t12-/m1/s1. The molecular weight excluding hydrogens is 438 g/mol. The highest BCUT2D eigenvalue weighted by atomic mass is 79.9. The zero-order chi connectivity index (χ0) is 20.2. The van der Waals surface area contributed by atoms with Crippen LogP contribution in [-0.4, -0.2) is 27.8 Å². The normalized spacial score (nSPS) is 12.7. The maximum Gasteiger partial charge on any atom is 0.306 e. The highest BCUT2D eigenvalue weighted by Gasteiger charge is 2.25. The molecule has 1 aromatic carbocycles. The Hall–Kier alpha value is -1.54. The summed E-state index contributed by atoms with van der Waals surface area (Å²) < 4.78 is 33.2. The molecule has 4 nitrogen and oxygen atoms in total. The Morgan fingerprint density at radius 3 is 2.44 bits per heavy atom. The van der Waals surface area contributed by atoms with Crippen molar-refractivity contribution in [2.45, 2.75) is 50.3 Å². The van der Waals surface area contributed by atoms with E-state index in [0.29, 0.717) is 20.9 Å². The van der Waals surface area contributed by atoms with Crippen molar-refractivity contribution >= 4 is 33.7 Å². The highest BCUT2D eigenvalue weighted by molar-refractivity contribution is 9.10. The molecule has 8 heteroatoms. The number of carbonyl (C=O) groups is 1. The van der Waals surface area contributed by atoms with Crippen molar-refractivity contribution in [1.29, 1.82) is 0 Å². The molecule has 0 saturated heterocycles. The van der Waals surface area contributed by atoms with Gasteiger partial charge in [-0.3, -0.25) is 4.79 Å². The van der Waals surface area contributed by atoms with Crippen molar-refractivity contribution < 1.29 is 18.3 Å². The number of rotatable bonds is 6. The maximum atomic E-state index is 13.6. The van der Waals surface area contributed by atoms with Gasteiger partial charge in [-0.2, -0.15) is 0 Å². The molecule has 0 fully saturated rings. The van der Waals surface area contributed by atoms with Crippen molar-refractivity contribution in [2.75, 3.05) is 6.26 Å². The molecule has 0 saturated carbocycles. The molecule has 0 aliphatic heterocycles. The number of benzene rings is 1. The first kappa shape index (κ1) is 21.8. The topological polar surface area (TPSA) is 52.1 Å². The number of thioether (sulfide) groups is 1. The van der Waals surface area contributed by atoms with Crippen LogP contribution >= 0.6 is 27.7 Å². The van der Waals surface area contributed by atoms with Gasteiger partial charge in [0.15, 0.2) is 5.16 Å². The molecule has 146 valence electrons. The van der Waals surface area contributed by atoms with Crippen LogP contribution in [0.25, 0.3) is 0 Å². The SMILES string of the molecule is CSc1ncc(Br)c([C@@H](CC(=O)OC(C)(C)C)Cc2cc(F)cc(F)c2)n1. The lowest BCUT2D eigenvalue weighted by molar-refractivity contribution is -0.155. The van der Waals surface area contributed by atoms with Gasteiger partial charge < -0.3 is 4.74 Å². The van der Waals surface area contributed by atoms with Gasteiger partial charge in [0.05, 0.1) is 16.6 Å². The number of nitrogens with zero attached hydrogens (tertiary/aromatic N) is 2. The third kappa shape index (κ3) is 6.84. The van der Waals surface area contributed by atoms with Gasteiger partial charge in [-0.15, -0.1) is 0 Å². The summed E-state index contributed by atoms with van der Waals surface area (Å²) in [4.78, 5) is 21.1. The molecule has 0 bridgehead atoms. The van der Waals surface area contributed by atoms with E-state index in [1.807, 2.05) is 6.26 Å². The predicted octanol–water partition coefficient (Wildman–Crippen LogP) is 5.30. The zero-order valence-electron chi connectivity index (χ0n) is 15.6. The van der Waals surface area contributed by atoms with E-state index in [1.165, 1.54) is 23.9 Å². The minimum Gasteiger partial charge on any atom is -0.460 e. The Kier molecular flexibility index (Phi) is 7.33. The predicted molar refractivity (Wildman–Crippen MR) is 105 cm³/mol. The van der Waals surface area contributed by atoms with E-state index < -0.39 is 29.1 Å². The van der Waals surface area contributed by atoms with Crippen LogP contribution in [0.15, 0.2) is 34.0 Å². The Bertz CT molecular complexity index is 808. The Labute approximate surface area is 170 Å². The van der Waals surface area contributed by atoms with Gasteiger partial charge in [0.1, 0.15) is 17.2 Å². The van der Waals surface area contributed by atoms with Crippen LogP contribution in [0, 0.1) is 11.6 Å². The summed E-state index contributed by atoms with van der Waals surface area (Å²) in [5.41, 5.74) is 0.419. The van der Waals surface area contributed by atoms with Crippen LogP contribution in [0.4, 0.5) is 8.78 Å². The Balaban J connectivity index is 2.37. The van der Waals surface area contributed by atoms with E-state index in [2.05, 4.69) is 25.9 Å². The van der Waals surface area contributed by atoms with Crippen LogP contribution in [0.3, 0.4) is 0 Å². The quantitative estimate of drug-likeness (QED) is 0.334. The lowest BCUT2D eigenvalue weighted by Crippen LogP contribution is -2.25. The largest absolute Gasteiger partial charge is 0.460 e. The average Bonchev–Trinajstić information content (AvgIpc) is 2.52. The summed E-state index contributed by atoms with van der Waals surface area (Å²) in [6.07, 6.45) is 3.72. The number of carbonyl (C=O) groups excluding carboxylic acids is 1. The second-order valence-electron chi connectivity index (χ2n) is 7.06. The molecule has 0 N–H and O–H groups in total. The Morgan fingerprint density at radius 1 is 1.26 bits per heavy atom. The molecule has 2 aromatic rings. The van der Waals surface area contributed by atoms with Gasteiger partial charge in [0.2, 0.25) is 0 Å². The number of ether oxygens (including phenoxy) is 1. The summed E-state index contributed by atoms with van der Waals surface area (Å²) in [5.74, 6) is -2.15. The lowest BCUT2D eigenvalue weighted by Gasteiger charge is -2.23. The molecule has 0 aliphatic carbocycles. The van der Waals surface area contributed by atoms with Crippen molar-refractivity contribution in [3.63, 3.8) is 0 Å². The molecule has 0 amide bonds. The summed E-state index contributed by atoms with van der Waals surface area (Å²) in [6, 6.07) is 3.34. The molecule has 0 radical (unpaired) electrons.